The fraction of sp³-hybridized carbons (Fsp3) is 0.250. The van der Waals surface area contributed by atoms with E-state index in [2.05, 4.69) is 26.2 Å². The van der Waals surface area contributed by atoms with Crippen LogP contribution in [0.4, 0.5) is 0 Å². The lowest BCUT2D eigenvalue weighted by Gasteiger charge is -2.16. The molecule has 1 aromatic heterocycles. The number of nitrogens with one attached hydrogen (secondary N) is 1. The van der Waals surface area contributed by atoms with Crippen LogP contribution in [-0.2, 0) is 6.42 Å². The van der Waals surface area contributed by atoms with Crippen LogP contribution in [0.15, 0.2) is 16.9 Å². The Kier molecular flexibility index (Phi) is 1.84. The van der Waals surface area contributed by atoms with Crippen LogP contribution in [0.25, 0.3) is 0 Å². The summed E-state index contributed by atoms with van der Waals surface area (Å²) >= 11 is 3.25. The zero-order valence-electron chi connectivity index (χ0n) is 6.30. The van der Waals surface area contributed by atoms with Crippen LogP contribution in [0.5, 0.6) is 0 Å². The topological polar surface area (TPSA) is 42.0 Å². The zero-order chi connectivity index (χ0) is 8.55. The summed E-state index contributed by atoms with van der Waals surface area (Å²) in [5, 5.41) is 2.77. The van der Waals surface area contributed by atoms with E-state index in [1.54, 1.807) is 6.20 Å². The number of rotatable bonds is 0. The molecule has 2 heterocycles. The second-order valence-corrected chi connectivity index (χ2v) is 3.39. The molecule has 1 N–H and O–H groups in total. The van der Waals surface area contributed by atoms with Crippen LogP contribution in [0.3, 0.4) is 0 Å². The number of carbonyl (C=O) groups is 1. The smallest absolute Gasteiger partial charge is 0.254 e. The lowest BCUT2D eigenvalue weighted by atomic mass is 10.0. The number of fused-ring (bicyclic) bond motifs is 1. The van der Waals surface area contributed by atoms with Crippen molar-refractivity contribution in [3.8, 4) is 0 Å². The maximum absolute atomic E-state index is 11.3. The molecule has 62 valence electrons. The average molecular weight is 227 g/mol. The first kappa shape index (κ1) is 7.73. The van der Waals surface area contributed by atoms with Gasteiger partial charge in [0.25, 0.3) is 5.91 Å². The van der Waals surface area contributed by atoms with Crippen LogP contribution >= 0.6 is 15.9 Å². The quantitative estimate of drug-likeness (QED) is 0.675. The van der Waals surface area contributed by atoms with Crippen LogP contribution in [0.1, 0.15) is 15.9 Å². The third-order valence-corrected chi connectivity index (χ3v) is 2.50. The molecule has 3 nitrogen and oxygen atoms in total. The molecular formula is C8H7BrN2O. The van der Waals surface area contributed by atoms with E-state index in [-0.39, 0.29) is 5.91 Å². The van der Waals surface area contributed by atoms with Gasteiger partial charge in [0.05, 0.1) is 5.56 Å². The minimum absolute atomic E-state index is 0.0313. The number of hydrogen-bond acceptors (Lipinski definition) is 2. The Hall–Kier alpha value is -0.900. The maximum atomic E-state index is 11.3. The summed E-state index contributed by atoms with van der Waals surface area (Å²) in [6.45, 7) is 0.724. The largest absolute Gasteiger partial charge is 0.352 e. The number of carbonyl (C=O) groups excluding carboxylic acids is 1. The Morgan fingerprint density at radius 2 is 2.42 bits per heavy atom. The van der Waals surface area contributed by atoms with Crippen molar-refractivity contribution in [2.24, 2.45) is 0 Å². The highest BCUT2D eigenvalue weighted by atomic mass is 79.9. The highest BCUT2D eigenvalue weighted by Gasteiger charge is 2.19. The highest BCUT2D eigenvalue weighted by Crippen LogP contribution is 2.20. The van der Waals surface area contributed by atoms with Crippen molar-refractivity contribution in [3.05, 3.63) is 28.0 Å². The fourth-order valence-electron chi connectivity index (χ4n) is 1.32. The summed E-state index contributed by atoms with van der Waals surface area (Å²) in [5.41, 5.74) is 1.75. The van der Waals surface area contributed by atoms with Crippen molar-refractivity contribution in [1.29, 1.82) is 0 Å². The standard InChI is InChI=1S/C8H7BrN2O/c9-7-6-5(1-3-10-7)2-4-11-8(6)12/h1,3H,2,4H2,(H,11,12). The van der Waals surface area contributed by atoms with E-state index >= 15 is 0 Å². The molecule has 0 aliphatic carbocycles. The first-order valence-corrected chi connectivity index (χ1v) is 4.50. The molecule has 2 rings (SSSR count). The molecule has 4 heteroatoms. The van der Waals surface area contributed by atoms with Gasteiger partial charge in [-0.3, -0.25) is 4.79 Å². The van der Waals surface area contributed by atoms with Crippen LogP contribution in [0, 0.1) is 0 Å². The molecular weight excluding hydrogens is 220 g/mol. The van der Waals surface area contributed by atoms with Crippen molar-refractivity contribution < 1.29 is 4.79 Å². The molecule has 1 aromatic rings. The molecule has 0 unspecified atom stereocenters. The normalized spacial score (nSPS) is 15.2. The number of amides is 1. The first-order chi connectivity index (χ1) is 5.79. The second-order valence-electron chi connectivity index (χ2n) is 2.64. The molecule has 0 spiro atoms. The van der Waals surface area contributed by atoms with Crippen LogP contribution in [-0.4, -0.2) is 17.4 Å². The van der Waals surface area contributed by atoms with Gasteiger partial charge in [-0.15, -0.1) is 0 Å². The van der Waals surface area contributed by atoms with E-state index < -0.39 is 0 Å². The van der Waals surface area contributed by atoms with E-state index in [0.717, 1.165) is 18.5 Å². The van der Waals surface area contributed by atoms with Crippen molar-refractivity contribution in [1.82, 2.24) is 10.3 Å². The molecule has 1 aliphatic heterocycles. The number of hydrogen-bond donors (Lipinski definition) is 1. The van der Waals surface area contributed by atoms with Crippen molar-refractivity contribution in [3.63, 3.8) is 0 Å². The van der Waals surface area contributed by atoms with Crippen LogP contribution < -0.4 is 5.32 Å². The van der Waals surface area contributed by atoms with E-state index in [0.29, 0.717) is 10.2 Å². The van der Waals surface area contributed by atoms with Crippen molar-refractivity contribution >= 4 is 21.8 Å². The summed E-state index contributed by atoms with van der Waals surface area (Å²) in [6, 6.07) is 1.89. The number of nitrogens with zero attached hydrogens (tertiary/aromatic N) is 1. The van der Waals surface area contributed by atoms with Gasteiger partial charge < -0.3 is 5.32 Å². The van der Waals surface area contributed by atoms with Gasteiger partial charge in [-0.05, 0) is 34.0 Å². The predicted molar refractivity (Wildman–Crippen MR) is 48.0 cm³/mol. The minimum Gasteiger partial charge on any atom is -0.352 e. The average Bonchev–Trinajstić information content (AvgIpc) is 2.04. The van der Waals surface area contributed by atoms with Gasteiger partial charge in [-0.1, -0.05) is 0 Å². The lowest BCUT2D eigenvalue weighted by Crippen LogP contribution is -2.32. The van der Waals surface area contributed by atoms with E-state index in [1.807, 2.05) is 6.07 Å². The molecule has 1 amide bonds. The third-order valence-electron chi connectivity index (χ3n) is 1.90. The fourth-order valence-corrected chi connectivity index (χ4v) is 1.87. The number of halogens is 1. The summed E-state index contributed by atoms with van der Waals surface area (Å²) in [4.78, 5) is 15.3. The Bertz CT molecular complexity index is 338. The predicted octanol–water partition coefficient (Wildman–Crippen LogP) is 1.13. The summed E-state index contributed by atoms with van der Waals surface area (Å²) in [6.07, 6.45) is 2.60. The van der Waals surface area contributed by atoms with Crippen molar-refractivity contribution in [2.45, 2.75) is 6.42 Å². The zero-order valence-corrected chi connectivity index (χ0v) is 7.89. The Balaban J connectivity index is 2.60. The van der Waals surface area contributed by atoms with Gasteiger partial charge in [0.2, 0.25) is 0 Å². The second kappa shape index (κ2) is 2.86. The summed E-state index contributed by atoms with van der Waals surface area (Å²) < 4.78 is 0.636. The SMILES string of the molecule is O=C1NCCc2ccnc(Br)c21. The maximum Gasteiger partial charge on any atom is 0.254 e. The first-order valence-electron chi connectivity index (χ1n) is 3.70. The van der Waals surface area contributed by atoms with Gasteiger partial charge in [-0.2, -0.15) is 0 Å². The van der Waals surface area contributed by atoms with Gasteiger partial charge in [0.15, 0.2) is 0 Å². The summed E-state index contributed by atoms with van der Waals surface area (Å²) in [5.74, 6) is -0.0313. The van der Waals surface area contributed by atoms with Gasteiger partial charge in [-0.25, -0.2) is 4.98 Å². The van der Waals surface area contributed by atoms with Gasteiger partial charge in [0.1, 0.15) is 4.60 Å². The highest BCUT2D eigenvalue weighted by molar-refractivity contribution is 9.10. The molecule has 0 atom stereocenters. The Morgan fingerprint density at radius 3 is 3.17 bits per heavy atom. The van der Waals surface area contributed by atoms with Crippen LogP contribution in [0.2, 0.25) is 0 Å². The van der Waals surface area contributed by atoms with Crippen molar-refractivity contribution in [2.75, 3.05) is 6.54 Å². The molecule has 0 bridgehead atoms. The Morgan fingerprint density at radius 1 is 1.58 bits per heavy atom. The van der Waals surface area contributed by atoms with Gasteiger partial charge in [0, 0.05) is 12.7 Å². The van der Waals surface area contributed by atoms with E-state index in [1.165, 1.54) is 0 Å². The molecule has 0 saturated carbocycles. The van der Waals surface area contributed by atoms with E-state index in [4.69, 9.17) is 0 Å². The summed E-state index contributed by atoms with van der Waals surface area (Å²) in [7, 11) is 0. The molecule has 0 fully saturated rings. The monoisotopic (exact) mass is 226 g/mol. The molecule has 12 heavy (non-hydrogen) atoms. The molecule has 1 aliphatic rings. The number of pyridine rings is 1. The molecule has 0 aromatic carbocycles. The Labute approximate surface area is 78.3 Å². The molecule has 0 saturated heterocycles. The lowest BCUT2D eigenvalue weighted by molar-refractivity contribution is 0.0944. The van der Waals surface area contributed by atoms with Gasteiger partial charge >= 0.3 is 0 Å². The minimum atomic E-state index is -0.0313. The third kappa shape index (κ3) is 1.12. The van der Waals surface area contributed by atoms with E-state index in [9.17, 15) is 4.79 Å². The number of aromatic nitrogens is 1. The molecule has 0 radical (unpaired) electrons.